The molecule has 0 bridgehead atoms. The van der Waals surface area contributed by atoms with E-state index in [-0.39, 0.29) is 0 Å². The van der Waals surface area contributed by atoms with Crippen molar-refractivity contribution in [3.63, 3.8) is 0 Å². The molecular formula is C22H18N4S. The minimum absolute atomic E-state index is 0.699. The molecule has 0 saturated heterocycles. The summed E-state index contributed by atoms with van der Waals surface area (Å²) in [6.07, 6.45) is 2.69. The molecule has 27 heavy (non-hydrogen) atoms. The van der Waals surface area contributed by atoms with E-state index < -0.39 is 0 Å². The smallest absolute Gasteiger partial charge is 0.156 e. The minimum atomic E-state index is 0.699. The summed E-state index contributed by atoms with van der Waals surface area (Å²) in [5.41, 5.74) is 5.93. The second-order valence-corrected chi connectivity index (χ2v) is 7.18. The Morgan fingerprint density at radius 2 is 1.89 bits per heavy atom. The normalized spacial score (nSPS) is 10.8. The maximum Gasteiger partial charge on any atom is 0.156 e. The van der Waals surface area contributed by atoms with E-state index in [0.29, 0.717) is 5.56 Å². The molecule has 0 radical (unpaired) electrons. The SMILES string of the molecule is CCc1cc(SCc2ccc(-c3ccccc3C#N)cc2)n2nccc2n1. The molecule has 0 unspecified atom stereocenters. The zero-order chi connectivity index (χ0) is 18.6. The molecule has 4 aromatic rings. The molecule has 0 fully saturated rings. The van der Waals surface area contributed by atoms with Crippen molar-refractivity contribution in [1.29, 1.82) is 5.26 Å². The number of aryl methyl sites for hydroxylation is 1. The van der Waals surface area contributed by atoms with Gasteiger partial charge in [-0.15, -0.1) is 11.8 Å². The summed E-state index contributed by atoms with van der Waals surface area (Å²) < 4.78 is 1.89. The van der Waals surface area contributed by atoms with E-state index in [1.54, 1.807) is 18.0 Å². The monoisotopic (exact) mass is 370 g/mol. The van der Waals surface area contributed by atoms with Crippen LogP contribution in [-0.4, -0.2) is 14.6 Å². The van der Waals surface area contributed by atoms with Crippen LogP contribution in [0.3, 0.4) is 0 Å². The topological polar surface area (TPSA) is 54.0 Å². The van der Waals surface area contributed by atoms with Crippen LogP contribution in [0.4, 0.5) is 0 Å². The lowest BCUT2D eigenvalue weighted by molar-refractivity contribution is 0.824. The third kappa shape index (κ3) is 3.57. The Hall–Kier alpha value is -3.10. The summed E-state index contributed by atoms with van der Waals surface area (Å²) >= 11 is 1.75. The first-order valence-corrected chi connectivity index (χ1v) is 9.82. The van der Waals surface area contributed by atoms with Crippen LogP contribution in [0.25, 0.3) is 16.8 Å². The number of hydrogen-bond donors (Lipinski definition) is 0. The molecule has 0 amide bonds. The standard InChI is InChI=1S/C22H18N4S/c1-2-19-13-22(26-21(25-19)11-12-24-26)27-15-16-7-9-17(10-8-16)20-6-4-3-5-18(20)14-23/h3-13H,2,15H2,1H3. The van der Waals surface area contributed by atoms with E-state index in [9.17, 15) is 5.26 Å². The van der Waals surface area contributed by atoms with Gasteiger partial charge >= 0.3 is 0 Å². The van der Waals surface area contributed by atoms with Gasteiger partial charge in [0.25, 0.3) is 0 Å². The molecular weight excluding hydrogens is 352 g/mol. The summed E-state index contributed by atoms with van der Waals surface area (Å²) in [7, 11) is 0. The zero-order valence-electron chi connectivity index (χ0n) is 15.0. The van der Waals surface area contributed by atoms with E-state index in [1.807, 2.05) is 34.8 Å². The lowest BCUT2D eigenvalue weighted by Crippen LogP contribution is -1.98. The molecule has 132 valence electrons. The van der Waals surface area contributed by atoms with Gasteiger partial charge in [-0.3, -0.25) is 0 Å². The van der Waals surface area contributed by atoms with Gasteiger partial charge < -0.3 is 0 Å². The lowest BCUT2D eigenvalue weighted by atomic mass is 10.00. The maximum atomic E-state index is 9.29. The van der Waals surface area contributed by atoms with Crippen molar-refractivity contribution < 1.29 is 0 Å². The van der Waals surface area contributed by atoms with Crippen molar-refractivity contribution in [2.75, 3.05) is 0 Å². The maximum absolute atomic E-state index is 9.29. The van der Waals surface area contributed by atoms with Gasteiger partial charge in [0.15, 0.2) is 5.65 Å². The molecule has 2 aromatic heterocycles. The zero-order valence-corrected chi connectivity index (χ0v) is 15.8. The Bertz CT molecular complexity index is 1120. The van der Waals surface area contributed by atoms with E-state index in [0.717, 1.165) is 39.7 Å². The average Bonchev–Trinajstić information content (AvgIpc) is 3.21. The van der Waals surface area contributed by atoms with Crippen molar-refractivity contribution >= 4 is 17.4 Å². The number of hydrogen-bond acceptors (Lipinski definition) is 4. The molecule has 2 aromatic carbocycles. The van der Waals surface area contributed by atoms with E-state index in [4.69, 9.17) is 0 Å². The summed E-state index contributed by atoms with van der Waals surface area (Å²) in [6, 6.07) is 22.4. The number of thioether (sulfide) groups is 1. The molecule has 0 aliphatic carbocycles. The van der Waals surface area contributed by atoms with Crippen molar-refractivity contribution in [3.8, 4) is 17.2 Å². The molecule has 0 saturated carbocycles. The Morgan fingerprint density at radius 3 is 2.67 bits per heavy atom. The van der Waals surface area contributed by atoms with E-state index in [1.165, 1.54) is 5.56 Å². The highest BCUT2D eigenvalue weighted by Crippen LogP contribution is 2.27. The summed E-state index contributed by atoms with van der Waals surface area (Å²) in [5, 5.41) is 14.8. The molecule has 5 heteroatoms. The highest BCUT2D eigenvalue weighted by atomic mass is 32.2. The van der Waals surface area contributed by atoms with Crippen LogP contribution in [0.15, 0.2) is 71.9 Å². The second kappa shape index (κ2) is 7.65. The summed E-state index contributed by atoms with van der Waals surface area (Å²) in [6.45, 7) is 2.11. The number of nitrogens with zero attached hydrogens (tertiary/aromatic N) is 4. The van der Waals surface area contributed by atoms with Crippen molar-refractivity contribution in [2.45, 2.75) is 24.1 Å². The van der Waals surface area contributed by atoms with Crippen LogP contribution < -0.4 is 0 Å². The van der Waals surface area contributed by atoms with Crippen molar-refractivity contribution in [3.05, 3.63) is 83.7 Å². The molecule has 2 heterocycles. The highest BCUT2D eigenvalue weighted by Gasteiger charge is 2.08. The molecule has 4 nitrogen and oxygen atoms in total. The van der Waals surface area contributed by atoms with Gasteiger partial charge in [0.2, 0.25) is 0 Å². The Balaban J connectivity index is 1.55. The van der Waals surface area contributed by atoms with Crippen LogP contribution in [-0.2, 0) is 12.2 Å². The van der Waals surface area contributed by atoms with Gasteiger partial charge in [-0.05, 0) is 35.2 Å². The summed E-state index contributed by atoms with van der Waals surface area (Å²) in [4.78, 5) is 4.59. The predicted molar refractivity (Wildman–Crippen MR) is 109 cm³/mol. The van der Waals surface area contributed by atoms with Gasteiger partial charge in [0.05, 0.1) is 17.8 Å². The average molecular weight is 370 g/mol. The van der Waals surface area contributed by atoms with Crippen molar-refractivity contribution in [2.24, 2.45) is 0 Å². The van der Waals surface area contributed by atoms with Crippen LogP contribution in [0.5, 0.6) is 0 Å². The Morgan fingerprint density at radius 1 is 1.07 bits per heavy atom. The first kappa shape index (κ1) is 17.3. The molecule has 0 spiro atoms. The summed E-state index contributed by atoms with van der Waals surface area (Å²) in [5.74, 6) is 0.850. The Labute approximate surface area is 162 Å². The first-order valence-electron chi connectivity index (χ1n) is 8.83. The van der Waals surface area contributed by atoms with E-state index in [2.05, 4.69) is 53.4 Å². The van der Waals surface area contributed by atoms with E-state index >= 15 is 0 Å². The van der Waals surface area contributed by atoms with Gasteiger partial charge in [-0.2, -0.15) is 10.4 Å². The van der Waals surface area contributed by atoms with Gasteiger partial charge in [-0.1, -0.05) is 49.4 Å². The van der Waals surface area contributed by atoms with Crippen LogP contribution >= 0.6 is 11.8 Å². The molecule has 4 rings (SSSR count). The van der Waals surface area contributed by atoms with Crippen molar-refractivity contribution in [1.82, 2.24) is 14.6 Å². The fourth-order valence-corrected chi connectivity index (χ4v) is 3.98. The molecule has 0 aliphatic rings. The number of benzene rings is 2. The second-order valence-electron chi connectivity index (χ2n) is 6.18. The van der Waals surface area contributed by atoms with Crippen LogP contribution in [0.2, 0.25) is 0 Å². The first-order chi connectivity index (χ1) is 13.3. The number of fused-ring (bicyclic) bond motifs is 1. The lowest BCUT2D eigenvalue weighted by Gasteiger charge is -2.08. The van der Waals surface area contributed by atoms with Gasteiger partial charge in [0, 0.05) is 17.5 Å². The third-order valence-electron chi connectivity index (χ3n) is 4.44. The minimum Gasteiger partial charge on any atom is -0.234 e. The number of nitriles is 1. The molecule has 0 N–H and O–H groups in total. The quantitative estimate of drug-likeness (QED) is 0.361. The third-order valence-corrected chi connectivity index (χ3v) is 5.51. The number of aromatic nitrogens is 3. The largest absolute Gasteiger partial charge is 0.234 e. The van der Waals surface area contributed by atoms with Crippen LogP contribution in [0.1, 0.15) is 23.7 Å². The Kier molecular flexibility index (Phi) is 4.91. The van der Waals surface area contributed by atoms with Gasteiger partial charge in [-0.25, -0.2) is 9.50 Å². The fourth-order valence-electron chi connectivity index (χ4n) is 2.99. The number of rotatable bonds is 5. The van der Waals surface area contributed by atoms with Gasteiger partial charge in [0.1, 0.15) is 5.03 Å². The fraction of sp³-hybridized carbons (Fsp3) is 0.136. The van der Waals surface area contributed by atoms with Crippen LogP contribution in [0, 0.1) is 11.3 Å². The highest BCUT2D eigenvalue weighted by molar-refractivity contribution is 7.98. The predicted octanol–water partition coefficient (Wildman–Crippen LogP) is 5.12. The molecule has 0 atom stereocenters. The molecule has 0 aliphatic heterocycles.